The number of carbonyl (C=O) groups is 3. The van der Waals surface area contributed by atoms with Crippen LogP contribution in [0.5, 0.6) is 0 Å². The number of furan rings is 1. The van der Waals surface area contributed by atoms with Gasteiger partial charge in [-0.3, -0.25) is 25.2 Å². The van der Waals surface area contributed by atoms with E-state index in [9.17, 15) is 14.4 Å². The molecule has 1 aromatic carbocycles. The van der Waals surface area contributed by atoms with Gasteiger partial charge >= 0.3 is 5.91 Å². The minimum Gasteiger partial charge on any atom is -0.459 e. The van der Waals surface area contributed by atoms with Crippen LogP contribution >= 0.6 is 11.8 Å². The van der Waals surface area contributed by atoms with Crippen molar-refractivity contribution in [3.8, 4) is 0 Å². The summed E-state index contributed by atoms with van der Waals surface area (Å²) in [5.41, 5.74) is 7.35. The summed E-state index contributed by atoms with van der Waals surface area (Å²) in [6.45, 7) is 3.91. The largest absolute Gasteiger partial charge is 0.459 e. The third kappa shape index (κ3) is 6.00. The predicted molar refractivity (Wildman–Crippen MR) is 96.2 cm³/mol. The molecule has 0 atom stereocenters. The summed E-state index contributed by atoms with van der Waals surface area (Å²) in [5, 5.41) is 2.81. The molecule has 2 aromatic rings. The molecule has 0 saturated heterocycles. The molecule has 0 aliphatic heterocycles. The average Bonchev–Trinajstić information content (AvgIpc) is 3.10. The van der Waals surface area contributed by atoms with Crippen molar-refractivity contribution in [2.45, 2.75) is 13.8 Å². The van der Waals surface area contributed by atoms with Crippen LogP contribution in [0.3, 0.4) is 0 Å². The minimum atomic E-state index is -0.545. The van der Waals surface area contributed by atoms with E-state index in [-0.39, 0.29) is 23.2 Å². The standard InChI is InChI=1S/C17H19N3O4S/c1-11-5-6-13(12(2)8-11)18-15(21)9-25-10-16(22)19-20-17(23)14-4-3-7-24-14/h3-8H,9-10H2,1-2H3,(H,18,21)(H,19,22)(H,20,23). The molecule has 0 radical (unpaired) electrons. The number of thioether (sulfide) groups is 1. The maximum atomic E-state index is 11.9. The Balaban J connectivity index is 1.66. The fourth-order valence-corrected chi connectivity index (χ4v) is 2.63. The van der Waals surface area contributed by atoms with Gasteiger partial charge in [0.15, 0.2) is 5.76 Å². The third-order valence-corrected chi connectivity index (χ3v) is 4.12. The van der Waals surface area contributed by atoms with E-state index in [1.165, 1.54) is 12.3 Å². The lowest BCUT2D eigenvalue weighted by Crippen LogP contribution is -2.42. The summed E-state index contributed by atoms with van der Waals surface area (Å²) in [4.78, 5) is 35.1. The molecule has 0 fully saturated rings. The van der Waals surface area contributed by atoms with E-state index in [0.29, 0.717) is 0 Å². The van der Waals surface area contributed by atoms with Crippen molar-refractivity contribution in [2.75, 3.05) is 16.8 Å². The zero-order valence-electron chi connectivity index (χ0n) is 13.9. The van der Waals surface area contributed by atoms with Gasteiger partial charge in [0, 0.05) is 5.69 Å². The minimum absolute atomic E-state index is 0.0404. The Kier molecular flexibility index (Phi) is 6.64. The fourth-order valence-electron chi connectivity index (χ4n) is 2.01. The normalized spacial score (nSPS) is 10.2. The Morgan fingerprint density at radius 3 is 2.48 bits per heavy atom. The molecule has 8 heteroatoms. The first kappa shape index (κ1) is 18.6. The molecule has 0 aliphatic rings. The molecule has 1 heterocycles. The highest BCUT2D eigenvalue weighted by Gasteiger charge is 2.11. The topological polar surface area (TPSA) is 100 Å². The Bertz CT molecular complexity index is 759. The number of amides is 3. The van der Waals surface area contributed by atoms with Crippen LogP contribution < -0.4 is 16.2 Å². The van der Waals surface area contributed by atoms with Gasteiger partial charge in [0.25, 0.3) is 0 Å². The molecule has 132 valence electrons. The zero-order valence-corrected chi connectivity index (χ0v) is 14.7. The molecule has 1 aromatic heterocycles. The van der Waals surface area contributed by atoms with Crippen molar-refractivity contribution in [3.05, 3.63) is 53.5 Å². The SMILES string of the molecule is Cc1ccc(NC(=O)CSCC(=O)NNC(=O)c2ccco2)c(C)c1. The van der Waals surface area contributed by atoms with Gasteiger partial charge in [0.05, 0.1) is 17.8 Å². The Hall–Kier alpha value is -2.74. The molecular formula is C17H19N3O4S. The number of benzene rings is 1. The number of hydrogen-bond donors (Lipinski definition) is 3. The first-order valence-electron chi connectivity index (χ1n) is 7.53. The number of carbonyl (C=O) groups excluding carboxylic acids is 3. The third-order valence-electron chi connectivity index (χ3n) is 3.18. The number of anilines is 1. The summed E-state index contributed by atoms with van der Waals surface area (Å²) in [6.07, 6.45) is 1.36. The van der Waals surface area contributed by atoms with Crippen molar-refractivity contribution in [1.29, 1.82) is 0 Å². The first-order valence-corrected chi connectivity index (χ1v) is 8.68. The van der Waals surface area contributed by atoms with Gasteiger partial charge in [0.1, 0.15) is 0 Å². The Morgan fingerprint density at radius 2 is 1.80 bits per heavy atom. The summed E-state index contributed by atoms with van der Waals surface area (Å²) >= 11 is 1.15. The molecule has 2 rings (SSSR count). The zero-order chi connectivity index (χ0) is 18.2. The second-order valence-corrected chi connectivity index (χ2v) is 6.32. The molecule has 0 saturated carbocycles. The number of rotatable bonds is 6. The van der Waals surface area contributed by atoms with Crippen LogP contribution in [0.15, 0.2) is 41.0 Å². The number of hydrogen-bond acceptors (Lipinski definition) is 5. The Labute approximate surface area is 149 Å². The van der Waals surface area contributed by atoms with E-state index in [0.717, 1.165) is 28.6 Å². The quantitative estimate of drug-likeness (QED) is 0.684. The molecule has 7 nitrogen and oxygen atoms in total. The smallest absolute Gasteiger partial charge is 0.305 e. The monoisotopic (exact) mass is 361 g/mol. The van der Waals surface area contributed by atoms with Gasteiger partial charge in [-0.2, -0.15) is 0 Å². The highest BCUT2D eigenvalue weighted by Crippen LogP contribution is 2.16. The van der Waals surface area contributed by atoms with Gasteiger partial charge in [-0.15, -0.1) is 11.8 Å². The number of aryl methyl sites for hydroxylation is 2. The number of nitrogens with one attached hydrogen (secondary N) is 3. The number of hydrazine groups is 1. The molecule has 3 amide bonds. The lowest BCUT2D eigenvalue weighted by atomic mass is 10.1. The van der Waals surface area contributed by atoms with Crippen molar-refractivity contribution in [1.82, 2.24) is 10.9 Å². The highest BCUT2D eigenvalue weighted by molar-refractivity contribution is 8.00. The molecule has 0 unspecified atom stereocenters. The lowest BCUT2D eigenvalue weighted by molar-refractivity contribution is -0.119. The van der Waals surface area contributed by atoms with Gasteiger partial charge in [-0.25, -0.2) is 0 Å². The van der Waals surface area contributed by atoms with Crippen molar-refractivity contribution >= 4 is 35.2 Å². The second kappa shape index (κ2) is 8.93. The maximum absolute atomic E-state index is 11.9. The van der Waals surface area contributed by atoms with Crippen LogP contribution in [0.1, 0.15) is 21.7 Å². The van der Waals surface area contributed by atoms with Crippen LogP contribution in [0.25, 0.3) is 0 Å². The van der Waals surface area contributed by atoms with Crippen molar-refractivity contribution < 1.29 is 18.8 Å². The summed E-state index contributed by atoms with van der Waals surface area (Å²) in [5.74, 6) is -0.878. The molecule has 0 bridgehead atoms. The first-order chi connectivity index (χ1) is 12.0. The predicted octanol–water partition coefficient (Wildman–Crippen LogP) is 2.03. The molecule has 3 N–H and O–H groups in total. The van der Waals surface area contributed by atoms with Gasteiger partial charge in [-0.1, -0.05) is 17.7 Å². The van der Waals surface area contributed by atoms with E-state index in [1.807, 2.05) is 32.0 Å². The molecular weight excluding hydrogens is 342 g/mol. The van der Waals surface area contributed by atoms with E-state index in [4.69, 9.17) is 4.42 Å². The van der Waals surface area contributed by atoms with Crippen LogP contribution in [-0.4, -0.2) is 29.2 Å². The van der Waals surface area contributed by atoms with E-state index < -0.39 is 11.8 Å². The van der Waals surface area contributed by atoms with E-state index in [2.05, 4.69) is 16.2 Å². The Morgan fingerprint density at radius 1 is 1.04 bits per heavy atom. The summed E-state index contributed by atoms with van der Waals surface area (Å²) in [7, 11) is 0. The van der Waals surface area contributed by atoms with E-state index >= 15 is 0 Å². The van der Waals surface area contributed by atoms with Crippen molar-refractivity contribution in [3.63, 3.8) is 0 Å². The molecule has 0 spiro atoms. The van der Waals surface area contributed by atoms with Gasteiger partial charge in [0.2, 0.25) is 11.8 Å². The fraction of sp³-hybridized carbons (Fsp3) is 0.235. The highest BCUT2D eigenvalue weighted by atomic mass is 32.2. The average molecular weight is 361 g/mol. The van der Waals surface area contributed by atoms with Crippen LogP contribution in [-0.2, 0) is 9.59 Å². The van der Waals surface area contributed by atoms with Crippen LogP contribution in [0.2, 0.25) is 0 Å². The second-order valence-electron chi connectivity index (χ2n) is 5.34. The lowest BCUT2D eigenvalue weighted by Gasteiger charge is -2.09. The molecule has 0 aliphatic carbocycles. The maximum Gasteiger partial charge on any atom is 0.305 e. The van der Waals surface area contributed by atoms with Gasteiger partial charge in [-0.05, 0) is 37.6 Å². The van der Waals surface area contributed by atoms with Crippen molar-refractivity contribution in [2.24, 2.45) is 0 Å². The van der Waals surface area contributed by atoms with Gasteiger partial charge < -0.3 is 9.73 Å². The summed E-state index contributed by atoms with van der Waals surface area (Å²) < 4.78 is 4.89. The molecule has 25 heavy (non-hydrogen) atoms. The van der Waals surface area contributed by atoms with Crippen LogP contribution in [0.4, 0.5) is 5.69 Å². The van der Waals surface area contributed by atoms with E-state index in [1.54, 1.807) is 6.07 Å². The van der Waals surface area contributed by atoms with Crippen LogP contribution in [0, 0.1) is 13.8 Å². The summed E-state index contributed by atoms with van der Waals surface area (Å²) in [6, 6.07) is 8.81.